The molecule has 2 aliphatic heterocycles. The van der Waals surface area contributed by atoms with Gasteiger partial charge in [0.1, 0.15) is 24.1 Å². The maximum Gasteiger partial charge on any atom is 0.320 e. The molecule has 2 saturated heterocycles. The molecule has 3 aliphatic rings. The van der Waals surface area contributed by atoms with E-state index in [0.717, 1.165) is 63.2 Å². The number of hydrogen-bond donors (Lipinski definition) is 1. The van der Waals surface area contributed by atoms with Crippen molar-refractivity contribution in [3.63, 3.8) is 0 Å². The number of nitrogens with zero attached hydrogens (tertiary/aromatic N) is 2. The van der Waals surface area contributed by atoms with Crippen LogP contribution >= 0.6 is 0 Å². The van der Waals surface area contributed by atoms with Gasteiger partial charge in [-0.3, -0.25) is 9.69 Å². The molecule has 0 radical (unpaired) electrons. The molecule has 0 aromatic heterocycles. The SMILES string of the molecule is Cc1c(COc2cc(OCC3CCCN(C)C3)c(CN3CCCC[C@H]3C(=O)O)c3c2CCC3)cccc1-c1ccccc1. The molecule has 6 heteroatoms. The van der Waals surface area contributed by atoms with Crippen molar-refractivity contribution >= 4 is 5.97 Å². The summed E-state index contributed by atoms with van der Waals surface area (Å²) in [7, 11) is 2.19. The van der Waals surface area contributed by atoms with E-state index in [2.05, 4.69) is 78.4 Å². The fourth-order valence-electron chi connectivity index (χ4n) is 7.43. The number of likely N-dealkylation sites (tertiary alicyclic amines) is 2. The Morgan fingerprint density at radius 1 is 0.907 bits per heavy atom. The van der Waals surface area contributed by atoms with Crippen LogP contribution in [0.4, 0.5) is 0 Å². The summed E-state index contributed by atoms with van der Waals surface area (Å²) in [6.45, 7) is 6.99. The Balaban J connectivity index is 1.29. The Morgan fingerprint density at radius 2 is 1.74 bits per heavy atom. The van der Waals surface area contributed by atoms with Gasteiger partial charge in [0.05, 0.1) is 6.61 Å². The first kappa shape index (κ1) is 29.7. The van der Waals surface area contributed by atoms with E-state index in [1.165, 1.54) is 51.8 Å². The summed E-state index contributed by atoms with van der Waals surface area (Å²) in [5.74, 6) is 1.59. The number of piperidine rings is 2. The summed E-state index contributed by atoms with van der Waals surface area (Å²) < 4.78 is 13.4. The van der Waals surface area contributed by atoms with Crippen LogP contribution in [0.25, 0.3) is 11.1 Å². The zero-order valence-electron chi connectivity index (χ0n) is 25.8. The second-order valence-electron chi connectivity index (χ2n) is 12.8. The molecule has 0 amide bonds. The summed E-state index contributed by atoms with van der Waals surface area (Å²) in [5, 5.41) is 9.99. The van der Waals surface area contributed by atoms with Gasteiger partial charge in [0.15, 0.2) is 0 Å². The van der Waals surface area contributed by atoms with Crippen molar-refractivity contribution in [1.82, 2.24) is 9.80 Å². The monoisotopic (exact) mass is 582 g/mol. The van der Waals surface area contributed by atoms with Crippen molar-refractivity contribution in [2.45, 2.75) is 77.5 Å². The average Bonchev–Trinajstić information content (AvgIpc) is 3.52. The van der Waals surface area contributed by atoms with E-state index < -0.39 is 12.0 Å². The minimum absolute atomic E-state index is 0.429. The average molecular weight is 583 g/mol. The van der Waals surface area contributed by atoms with Gasteiger partial charge in [-0.05, 0) is 105 Å². The van der Waals surface area contributed by atoms with Gasteiger partial charge in [-0.15, -0.1) is 0 Å². The molecular formula is C37H46N2O4. The number of benzene rings is 3. The number of ether oxygens (including phenoxy) is 2. The number of carboxylic acids is 1. The van der Waals surface area contributed by atoms with Crippen molar-refractivity contribution in [3.05, 3.63) is 82.4 Å². The van der Waals surface area contributed by atoms with Crippen molar-refractivity contribution < 1.29 is 19.4 Å². The summed E-state index contributed by atoms with van der Waals surface area (Å²) >= 11 is 0. The molecule has 0 saturated carbocycles. The fourth-order valence-corrected chi connectivity index (χ4v) is 7.43. The molecular weight excluding hydrogens is 536 g/mol. The highest BCUT2D eigenvalue weighted by atomic mass is 16.5. The third kappa shape index (κ3) is 6.76. The molecule has 1 N–H and O–H groups in total. The highest BCUT2D eigenvalue weighted by molar-refractivity contribution is 5.73. The van der Waals surface area contributed by atoms with Gasteiger partial charge in [0.2, 0.25) is 0 Å². The Hall–Kier alpha value is -3.35. The van der Waals surface area contributed by atoms with Crippen LogP contribution in [0.15, 0.2) is 54.6 Å². The fraction of sp³-hybridized carbons (Fsp3) is 0.486. The van der Waals surface area contributed by atoms with Crippen LogP contribution in [0.3, 0.4) is 0 Å². The Morgan fingerprint density at radius 3 is 2.56 bits per heavy atom. The van der Waals surface area contributed by atoms with Crippen LogP contribution in [-0.2, 0) is 30.8 Å². The Labute approximate surface area is 256 Å². The van der Waals surface area contributed by atoms with Crippen molar-refractivity contribution in [1.29, 1.82) is 0 Å². The minimum Gasteiger partial charge on any atom is -0.493 e. The topological polar surface area (TPSA) is 62.2 Å². The van der Waals surface area contributed by atoms with Crippen molar-refractivity contribution in [2.75, 3.05) is 33.3 Å². The van der Waals surface area contributed by atoms with Crippen LogP contribution < -0.4 is 9.47 Å². The normalized spacial score (nSPS) is 21.0. The number of aliphatic carboxylic acids is 1. The van der Waals surface area contributed by atoms with E-state index in [9.17, 15) is 9.90 Å². The quantitative estimate of drug-likeness (QED) is 0.281. The first-order chi connectivity index (χ1) is 21.0. The molecule has 0 bridgehead atoms. The van der Waals surface area contributed by atoms with Crippen molar-refractivity contribution in [2.24, 2.45) is 5.92 Å². The summed E-state index contributed by atoms with van der Waals surface area (Å²) in [6, 6.07) is 18.7. The molecule has 3 aromatic rings. The molecule has 43 heavy (non-hydrogen) atoms. The predicted octanol–water partition coefficient (Wildman–Crippen LogP) is 6.89. The van der Waals surface area contributed by atoms with Crippen LogP contribution in [0.2, 0.25) is 0 Å². The summed E-state index contributed by atoms with van der Waals surface area (Å²) in [4.78, 5) is 16.7. The van der Waals surface area contributed by atoms with E-state index in [0.29, 0.717) is 32.1 Å². The van der Waals surface area contributed by atoms with Gasteiger partial charge in [-0.1, -0.05) is 55.0 Å². The van der Waals surface area contributed by atoms with Gasteiger partial charge < -0.3 is 19.5 Å². The summed E-state index contributed by atoms with van der Waals surface area (Å²) in [6.07, 6.45) is 8.16. The molecule has 2 heterocycles. The third-order valence-corrected chi connectivity index (χ3v) is 9.81. The van der Waals surface area contributed by atoms with Crippen LogP contribution in [0.1, 0.15) is 66.3 Å². The lowest BCUT2D eigenvalue weighted by atomic mass is 9.96. The number of hydrogen-bond acceptors (Lipinski definition) is 5. The van der Waals surface area contributed by atoms with Crippen molar-refractivity contribution in [3.8, 4) is 22.6 Å². The molecule has 1 aliphatic carbocycles. The van der Waals surface area contributed by atoms with Gasteiger partial charge >= 0.3 is 5.97 Å². The second kappa shape index (κ2) is 13.5. The molecule has 6 nitrogen and oxygen atoms in total. The smallest absolute Gasteiger partial charge is 0.320 e. The maximum absolute atomic E-state index is 12.2. The number of rotatable bonds is 10. The van der Waals surface area contributed by atoms with E-state index in [-0.39, 0.29) is 0 Å². The lowest BCUT2D eigenvalue weighted by Gasteiger charge is -2.34. The third-order valence-electron chi connectivity index (χ3n) is 9.81. The van der Waals surface area contributed by atoms with Crippen LogP contribution in [0.5, 0.6) is 11.5 Å². The van der Waals surface area contributed by atoms with Gasteiger partial charge in [0.25, 0.3) is 0 Å². The largest absolute Gasteiger partial charge is 0.493 e. The maximum atomic E-state index is 12.2. The standard InChI is InChI=1S/C37H46N2O4/c1-26-29(14-8-15-30(26)28-12-4-3-5-13-28)25-43-35-21-36(42-24-27-11-10-19-38(2)22-27)33(31-16-9-17-32(31)35)23-39-20-7-6-18-34(39)37(40)41/h3-5,8,12-15,21,27,34H,6-7,9-11,16-20,22-25H2,1-2H3,(H,40,41)/t27?,34-/m0/s1. The molecule has 6 rings (SSSR count). The first-order valence-corrected chi connectivity index (χ1v) is 16.2. The van der Waals surface area contributed by atoms with Gasteiger partial charge in [0, 0.05) is 30.6 Å². The van der Waals surface area contributed by atoms with Crippen LogP contribution in [0, 0.1) is 12.8 Å². The highest BCUT2D eigenvalue weighted by Gasteiger charge is 2.32. The first-order valence-electron chi connectivity index (χ1n) is 16.2. The lowest BCUT2D eigenvalue weighted by Crippen LogP contribution is -2.44. The molecule has 228 valence electrons. The summed E-state index contributed by atoms with van der Waals surface area (Å²) in [5.41, 5.74) is 8.65. The van der Waals surface area contributed by atoms with E-state index in [1.807, 2.05) is 0 Å². The van der Waals surface area contributed by atoms with Crippen LogP contribution in [-0.4, -0.2) is 60.2 Å². The van der Waals surface area contributed by atoms with Gasteiger partial charge in [-0.25, -0.2) is 0 Å². The lowest BCUT2D eigenvalue weighted by molar-refractivity contribution is -0.144. The van der Waals surface area contributed by atoms with Gasteiger partial charge in [-0.2, -0.15) is 0 Å². The number of carboxylic acid groups (broad SMARTS) is 1. The van der Waals surface area contributed by atoms with E-state index in [1.54, 1.807) is 0 Å². The molecule has 0 spiro atoms. The Kier molecular flexibility index (Phi) is 9.34. The molecule has 1 unspecified atom stereocenters. The predicted molar refractivity (Wildman–Crippen MR) is 171 cm³/mol. The zero-order valence-corrected chi connectivity index (χ0v) is 25.8. The van der Waals surface area contributed by atoms with E-state index in [4.69, 9.17) is 9.47 Å². The molecule has 2 fully saturated rings. The Bertz CT molecular complexity index is 1420. The highest BCUT2D eigenvalue weighted by Crippen LogP contribution is 2.41. The second-order valence-corrected chi connectivity index (χ2v) is 12.8. The minimum atomic E-state index is -0.711. The molecule has 3 aromatic carbocycles. The molecule has 2 atom stereocenters. The number of fused-ring (bicyclic) bond motifs is 1. The number of carbonyl (C=O) groups is 1. The van der Waals surface area contributed by atoms with E-state index >= 15 is 0 Å². The zero-order chi connectivity index (χ0) is 29.8.